The highest BCUT2D eigenvalue weighted by Gasteiger charge is 2.69. The fourth-order valence-corrected chi connectivity index (χ4v) is 10.3. The molecule has 0 radical (unpaired) electrons. The van der Waals surface area contributed by atoms with Crippen molar-refractivity contribution in [2.75, 3.05) is 0 Å². The van der Waals surface area contributed by atoms with Crippen LogP contribution in [0.3, 0.4) is 0 Å². The number of hydrogen-bond acceptors (Lipinski definition) is 2. The van der Waals surface area contributed by atoms with Gasteiger partial charge >= 0.3 is 0 Å². The van der Waals surface area contributed by atoms with Crippen LogP contribution in [0.5, 0.6) is 0 Å². The summed E-state index contributed by atoms with van der Waals surface area (Å²) in [7, 11) is 0. The molecular weight excluding hydrogens is 392 g/mol. The van der Waals surface area contributed by atoms with Crippen LogP contribution in [0, 0.1) is 57.2 Å². The van der Waals surface area contributed by atoms with Gasteiger partial charge in [0.1, 0.15) is 5.78 Å². The summed E-state index contributed by atoms with van der Waals surface area (Å²) in [6.45, 7) is 19.2. The molecular formula is C30H52O2. The van der Waals surface area contributed by atoms with Gasteiger partial charge in [-0.25, -0.2) is 0 Å². The first-order chi connectivity index (χ1) is 14.8. The fourth-order valence-electron chi connectivity index (χ4n) is 10.3. The molecule has 4 saturated carbocycles. The van der Waals surface area contributed by atoms with E-state index in [4.69, 9.17) is 0 Å². The van der Waals surface area contributed by atoms with E-state index < -0.39 is 0 Å². The van der Waals surface area contributed by atoms with E-state index in [0.29, 0.717) is 23.5 Å². The molecule has 9 atom stereocenters. The van der Waals surface area contributed by atoms with Crippen LogP contribution >= 0.6 is 0 Å². The van der Waals surface area contributed by atoms with Crippen LogP contribution in [0.4, 0.5) is 0 Å². The van der Waals surface area contributed by atoms with Gasteiger partial charge in [-0.1, -0.05) is 74.7 Å². The molecule has 0 heterocycles. The van der Waals surface area contributed by atoms with Crippen LogP contribution < -0.4 is 0 Å². The third-order valence-corrected chi connectivity index (χ3v) is 12.3. The first-order valence-corrected chi connectivity index (χ1v) is 14.0. The summed E-state index contributed by atoms with van der Waals surface area (Å²) in [5, 5.41) is 10.8. The Hall–Kier alpha value is -0.370. The molecule has 0 aromatic rings. The molecule has 32 heavy (non-hydrogen) atoms. The minimum atomic E-state index is -0.223. The Balaban J connectivity index is 1.61. The van der Waals surface area contributed by atoms with Crippen molar-refractivity contribution >= 4 is 5.78 Å². The van der Waals surface area contributed by atoms with Crippen molar-refractivity contribution in [3.05, 3.63) is 0 Å². The van der Waals surface area contributed by atoms with Gasteiger partial charge in [0.15, 0.2) is 0 Å². The van der Waals surface area contributed by atoms with Gasteiger partial charge in [-0.15, -0.1) is 0 Å². The molecule has 0 spiro atoms. The number of rotatable bonds is 5. The van der Waals surface area contributed by atoms with E-state index in [9.17, 15) is 9.90 Å². The molecule has 1 unspecified atom stereocenters. The SMILES string of the molecule is CC(C)CCC[C@@H](C)[C@H]1CC[C@@]2(C)[C@@H]3CC[C@H]4C(C)(C)C(O)CC[C@]4(C)[C@H]3C(=O)C[C@]12C. The summed E-state index contributed by atoms with van der Waals surface area (Å²) in [6.07, 6.45) is 11.5. The molecule has 0 amide bonds. The maximum absolute atomic E-state index is 14.1. The van der Waals surface area contributed by atoms with Crippen molar-refractivity contribution in [3.63, 3.8) is 0 Å². The number of Topliss-reactive ketones (excluding diaryl/α,β-unsaturated/α-hetero) is 1. The summed E-state index contributed by atoms with van der Waals surface area (Å²) in [6, 6.07) is 0. The number of aliphatic hydroxyl groups is 1. The zero-order valence-corrected chi connectivity index (χ0v) is 22.5. The van der Waals surface area contributed by atoms with Gasteiger partial charge in [-0.3, -0.25) is 4.79 Å². The topological polar surface area (TPSA) is 37.3 Å². The Morgan fingerprint density at radius 2 is 1.59 bits per heavy atom. The Bertz CT molecular complexity index is 724. The third-order valence-electron chi connectivity index (χ3n) is 12.3. The molecule has 184 valence electrons. The molecule has 4 aliphatic carbocycles. The molecule has 0 aromatic heterocycles. The van der Waals surface area contributed by atoms with E-state index in [2.05, 4.69) is 55.4 Å². The van der Waals surface area contributed by atoms with Gasteiger partial charge in [-0.2, -0.15) is 0 Å². The second kappa shape index (κ2) is 8.10. The Labute approximate surface area is 198 Å². The van der Waals surface area contributed by atoms with Crippen molar-refractivity contribution in [2.24, 2.45) is 57.2 Å². The second-order valence-electron chi connectivity index (χ2n) is 14.5. The molecule has 2 nitrogen and oxygen atoms in total. The van der Waals surface area contributed by atoms with Gasteiger partial charge < -0.3 is 5.11 Å². The minimum Gasteiger partial charge on any atom is -0.393 e. The highest BCUT2D eigenvalue weighted by atomic mass is 16.3. The van der Waals surface area contributed by atoms with Crippen molar-refractivity contribution in [1.82, 2.24) is 0 Å². The lowest BCUT2D eigenvalue weighted by Gasteiger charge is -2.66. The Morgan fingerprint density at radius 3 is 2.25 bits per heavy atom. The number of ketones is 1. The summed E-state index contributed by atoms with van der Waals surface area (Å²) in [5.41, 5.74) is 0.434. The largest absolute Gasteiger partial charge is 0.393 e. The minimum absolute atomic E-state index is 0.0635. The van der Waals surface area contributed by atoms with Crippen molar-refractivity contribution in [3.8, 4) is 0 Å². The molecule has 4 fully saturated rings. The molecule has 0 aliphatic heterocycles. The zero-order valence-electron chi connectivity index (χ0n) is 22.5. The maximum atomic E-state index is 14.1. The normalized spacial score (nSPS) is 48.8. The predicted octanol–water partition coefficient (Wildman–Crippen LogP) is 7.67. The summed E-state index contributed by atoms with van der Waals surface area (Å²) < 4.78 is 0. The average molecular weight is 445 g/mol. The Morgan fingerprint density at radius 1 is 0.906 bits per heavy atom. The summed E-state index contributed by atoms with van der Waals surface area (Å²) in [4.78, 5) is 14.1. The lowest BCUT2D eigenvalue weighted by molar-refractivity contribution is -0.200. The van der Waals surface area contributed by atoms with Crippen LogP contribution in [0.1, 0.15) is 120 Å². The van der Waals surface area contributed by atoms with E-state index in [0.717, 1.165) is 31.1 Å². The monoisotopic (exact) mass is 444 g/mol. The van der Waals surface area contributed by atoms with Crippen LogP contribution in [0.15, 0.2) is 0 Å². The lowest BCUT2D eigenvalue weighted by atomic mass is 9.37. The highest BCUT2D eigenvalue weighted by molar-refractivity contribution is 5.84. The van der Waals surface area contributed by atoms with Crippen molar-refractivity contribution < 1.29 is 9.90 Å². The molecule has 4 aliphatic rings. The quantitative estimate of drug-likeness (QED) is 0.472. The number of carbonyl (C=O) groups is 1. The summed E-state index contributed by atoms with van der Waals surface area (Å²) >= 11 is 0. The van der Waals surface area contributed by atoms with Crippen molar-refractivity contribution in [1.29, 1.82) is 0 Å². The first-order valence-electron chi connectivity index (χ1n) is 14.0. The van der Waals surface area contributed by atoms with Gasteiger partial charge in [-0.05, 0) is 89.8 Å². The van der Waals surface area contributed by atoms with Gasteiger partial charge in [0.05, 0.1) is 6.10 Å². The van der Waals surface area contributed by atoms with Crippen LogP contribution in [0.25, 0.3) is 0 Å². The molecule has 4 rings (SSSR count). The molecule has 2 heteroatoms. The highest BCUT2D eigenvalue weighted by Crippen LogP contribution is 2.73. The van der Waals surface area contributed by atoms with E-state index in [1.54, 1.807) is 0 Å². The lowest BCUT2D eigenvalue weighted by Crippen LogP contribution is -2.64. The summed E-state index contributed by atoms with van der Waals surface area (Å²) in [5.74, 6) is 3.99. The molecule has 0 bridgehead atoms. The van der Waals surface area contributed by atoms with Gasteiger partial charge in [0.2, 0.25) is 0 Å². The van der Waals surface area contributed by atoms with Gasteiger partial charge in [0, 0.05) is 12.3 Å². The number of hydrogen-bond donors (Lipinski definition) is 1. The van der Waals surface area contributed by atoms with Crippen molar-refractivity contribution in [2.45, 2.75) is 126 Å². The molecule has 1 N–H and O–H groups in total. The van der Waals surface area contributed by atoms with Crippen LogP contribution in [0.2, 0.25) is 0 Å². The fraction of sp³-hybridized carbons (Fsp3) is 0.967. The van der Waals surface area contributed by atoms with E-state index >= 15 is 0 Å². The van der Waals surface area contributed by atoms with E-state index in [1.165, 1.54) is 44.9 Å². The predicted molar refractivity (Wildman–Crippen MR) is 133 cm³/mol. The number of fused-ring (bicyclic) bond motifs is 5. The second-order valence-corrected chi connectivity index (χ2v) is 14.5. The maximum Gasteiger partial charge on any atom is 0.137 e. The smallest absolute Gasteiger partial charge is 0.137 e. The van der Waals surface area contributed by atoms with Gasteiger partial charge in [0.25, 0.3) is 0 Å². The number of aliphatic hydroxyl groups excluding tert-OH is 1. The van der Waals surface area contributed by atoms with Crippen LogP contribution in [-0.2, 0) is 4.79 Å². The van der Waals surface area contributed by atoms with E-state index in [-0.39, 0.29) is 33.7 Å². The molecule has 0 aromatic carbocycles. The zero-order chi connectivity index (χ0) is 23.7. The average Bonchev–Trinajstić information content (AvgIpc) is 2.96. The van der Waals surface area contributed by atoms with Crippen LogP contribution in [-0.4, -0.2) is 17.0 Å². The third kappa shape index (κ3) is 3.39. The molecule has 0 saturated heterocycles. The standard InChI is InChI=1S/C30H52O2/c1-19(2)10-9-11-20(3)21-14-17-29(7)22-12-13-24-27(4,5)25(32)15-16-28(24,6)26(22)23(31)18-30(21,29)8/h19-22,24-26,32H,9-18H2,1-8H3/t20-,21-,22-,24+,25?,26-,28+,29+,30-/m1/s1. The first kappa shape index (κ1) is 24.7. The number of carbonyl (C=O) groups excluding carboxylic acids is 1. The van der Waals surface area contributed by atoms with E-state index in [1.807, 2.05) is 0 Å². The Kier molecular flexibility index (Phi) is 6.26.